The number of carbonyl (C=O) groups is 1. The average Bonchev–Trinajstić information content (AvgIpc) is 3.18. The molecular weight excluding hydrogens is 573 g/mol. The molecule has 6 nitrogen and oxygen atoms in total. The molecule has 0 radical (unpaired) electrons. The van der Waals surface area contributed by atoms with Gasteiger partial charge in [0.25, 0.3) is 5.91 Å². The van der Waals surface area contributed by atoms with E-state index >= 15 is 0 Å². The molecule has 1 aliphatic heterocycles. The van der Waals surface area contributed by atoms with E-state index < -0.39 is 0 Å². The number of nitriles is 1. The predicted molar refractivity (Wildman–Crippen MR) is 148 cm³/mol. The minimum Gasteiger partial charge on any atom is -0.490 e. The molecule has 0 unspecified atom stereocenters. The fourth-order valence-corrected chi connectivity index (χ4v) is 4.97. The van der Waals surface area contributed by atoms with Crippen LogP contribution >= 0.6 is 34.4 Å². The maximum Gasteiger partial charge on any atom is 0.264 e. The molecule has 1 fully saturated rings. The lowest BCUT2D eigenvalue weighted by molar-refractivity contribution is -0.115. The SMILES string of the molecule is CCOc1cc(/C=C2/SC(=Nc3ccc(C)cc3)NC2=O)cc(I)c1OCc1ccccc1C#N. The summed E-state index contributed by atoms with van der Waals surface area (Å²) in [6.45, 7) is 4.63. The number of amides is 1. The number of thioether (sulfide) groups is 1. The first-order chi connectivity index (χ1) is 17.0. The molecule has 1 N–H and O–H groups in total. The number of nitrogens with one attached hydrogen (secondary N) is 1. The van der Waals surface area contributed by atoms with Gasteiger partial charge >= 0.3 is 0 Å². The molecule has 0 spiro atoms. The number of aliphatic imine (C=N–C) groups is 1. The minimum atomic E-state index is -0.192. The molecule has 1 aliphatic rings. The van der Waals surface area contributed by atoms with Gasteiger partial charge in [-0.1, -0.05) is 35.9 Å². The van der Waals surface area contributed by atoms with Crippen molar-refractivity contribution in [3.63, 3.8) is 0 Å². The highest BCUT2D eigenvalue weighted by molar-refractivity contribution is 14.1. The number of hydrogen-bond donors (Lipinski definition) is 1. The van der Waals surface area contributed by atoms with Crippen molar-refractivity contribution in [2.75, 3.05) is 6.61 Å². The largest absolute Gasteiger partial charge is 0.490 e. The molecule has 0 bridgehead atoms. The van der Waals surface area contributed by atoms with E-state index in [9.17, 15) is 10.1 Å². The van der Waals surface area contributed by atoms with Crippen LogP contribution in [0.5, 0.6) is 11.5 Å². The first-order valence-electron chi connectivity index (χ1n) is 10.9. The number of benzene rings is 3. The Hall–Kier alpha value is -3.29. The van der Waals surface area contributed by atoms with Gasteiger partial charge < -0.3 is 14.8 Å². The van der Waals surface area contributed by atoms with E-state index in [-0.39, 0.29) is 12.5 Å². The Balaban J connectivity index is 1.57. The third kappa shape index (κ3) is 6.24. The quantitative estimate of drug-likeness (QED) is 0.255. The number of rotatable bonds is 7. The van der Waals surface area contributed by atoms with Crippen molar-refractivity contribution in [1.29, 1.82) is 5.26 Å². The van der Waals surface area contributed by atoms with Crippen LogP contribution in [0.2, 0.25) is 0 Å². The lowest BCUT2D eigenvalue weighted by Gasteiger charge is -2.15. The first kappa shape index (κ1) is 24.8. The molecule has 176 valence electrons. The summed E-state index contributed by atoms with van der Waals surface area (Å²) >= 11 is 3.49. The smallest absolute Gasteiger partial charge is 0.264 e. The van der Waals surface area contributed by atoms with Gasteiger partial charge in [0, 0.05) is 5.56 Å². The fourth-order valence-electron chi connectivity index (χ4n) is 3.35. The summed E-state index contributed by atoms with van der Waals surface area (Å²) in [6.07, 6.45) is 1.82. The summed E-state index contributed by atoms with van der Waals surface area (Å²) in [5, 5.41) is 12.7. The molecule has 0 aliphatic carbocycles. The molecular formula is C27H22IN3O3S. The van der Waals surface area contributed by atoms with Crippen molar-refractivity contribution in [1.82, 2.24) is 5.32 Å². The topological polar surface area (TPSA) is 83.7 Å². The summed E-state index contributed by atoms with van der Waals surface area (Å²) in [7, 11) is 0. The number of ether oxygens (including phenoxy) is 2. The van der Waals surface area contributed by atoms with Crippen LogP contribution < -0.4 is 14.8 Å². The van der Waals surface area contributed by atoms with Crippen molar-refractivity contribution in [3.8, 4) is 17.6 Å². The Morgan fingerprint density at radius 1 is 1.14 bits per heavy atom. The summed E-state index contributed by atoms with van der Waals surface area (Å²) in [4.78, 5) is 17.6. The van der Waals surface area contributed by atoms with Crippen LogP contribution in [0.3, 0.4) is 0 Å². The Morgan fingerprint density at radius 2 is 1.91 bits per heavy atom. The van der Waals surface area contributed by atoms with Gasteiger partial charge in [0.15, 0.2) is 16.7 Å². The molecule has 1 amide bonds. The highest BCUT2D eigenvalue weighted by atomic mass is 127. The number of hydrogen-bond acceptors (Lipinski definition) is 6. The normalized spacial score (nSPS) is 15.2. The van der Waals surface area contributed by atoms with Crippen LogP contribution in [-0.4, -0.2) is 17.7 Å². The lowest BCUT2D eigenvalue weighted by atomic mass is 10.1. The molecule has 4 rings (SSSR count). The number of amidine groups is 1. The number of nitrogens with zero attached hydrogens (tertiary/aromatic N) is 2. The number of carbonyl (C=O) groups excluding carboxylic acids is 1. The number of halogens is 1. The third-order valence-corrected chi connectivity index (χ3v) is 6.77. The van der Waals surface area contributed by atoms with E-state index in [1.807, 2.05) is 74.5 Å². The van der Waals surface area contributed by atoms with Crippen molar-refractivity contribution in [3.05, 3.63) is 91.4 Å². The fraction of sp³-hybridized carbons (Fsp3) is 0.148. The molecule has 35 heavy (non-hydrogen) atoms. The molecule has 0 atom stereocenters. The van der Waals surface area contributed by atoms with Gasteiger partial charge in [-0.05, 0) is 90.2 Å². The highest BCUT2D eigenvalue weighted by Gasteiger charge is 2.24. The monoisotopic (exact) mass is 595 g/mol. The predicted octanol–water partition coefficient (Wildman–Crippen LogP) is 6.34. The second-order valence-electron chi connectivity index (χ2n) is 7.64. The van der Waals surface area contributed by atoms with Crippen LogP contribution in [0.4, 0.5) is 5.69 Å². The van der Waals surface area contributed by atoms with Crippen molar-refractivity contribution >= 4 is 57.2 Å². The van der Waals surface area contributed by atoms with Gasteiger partial charge in [0.1, 0.15) is 6.61 Å². The Kier molecular flexibility index (Phi) is 8.10. The second-order valence-corrected chi connectivity index (χ2v) is 9.83. The molecule has 8 heteroatoms. The van der Waals surface area contributed by atoms with E-state index in [0.29, 0.717) is 33.7 Å². The standard InChI is InChI=1S/C27H22IN3O3S/c1-3-33-23-13-18(12-22(28)25(23)34-16-20-7-5-4-6-19(20)15-29)14-24-26(32)31-27(35-24)30-21-10-8-17(2)9-11-21/h4-14H,3,16H2,1-2H3,(H,30,31,32)/b24-14+. The Morgan fingerprint density at radius 3 is 2.66 bits per heavy atom. The molecule has 3 aromatic rings. The van der Waals surface area contributed by atoms with E-state index in [4.69, 9.17) is 9.47 Å². The second kappa shape index (κ2) is 11.4. The van der Waals surface area contributed by atoms with Gasteiger partial charge in [-0.15, -0.1) is 0 Å². The van der Waals surface area contributed by atoms with E-state index in [0.717, 1.165) is 25.9 Å². The summed E-state index contributed by atoms with van der Waals surface area (Å²) in [6, 6.07) is 21.1. The molecule has 1 heterocycles. The maximum atomic E-state index is 12.6. The van der Waals surface area contributed by atoms with E-state index in [1.54, 1.807) is 6.07 Å². The van der Waals surface area contributed by atoms with Gasteiger partial charge in [0.2, 0.25) is 0 Å². The summed E-state index contributed by atoms with van der Waals surface area (Å²) in [5.41, 5.74) is 4.14. The zero-order valence-corrected chi connectivity index (χ0v) is 22.1. The molecule has 0 saturated carbocycles. The van der Waals surface area contributed by atoms with Crippen LogP contribution in [0.25, 0.3) is 6.08 Å². The summed E-state index contributed by atoms with van der Waals surface area (Å²) < 4.78 is 12.8. The summed E-state index contributed by atoms with van der Waals surface area (Å²) in [5.74, 6) is 0.993. The Bertz CT molecular complexity index is 1360. The Labute approximate surface area is 222 Å². The van der Waals surface area contributed by atoms with Crippen LogP contribution in [0, 0.1) is 21.8 Å². The van der Waals surface area contributed by atoms with Gasteiger partial charge in [-0.25, -0.2) is 4.99 Å². The van der Waals surface area contributed by atoms with Crippen LogP contribution in [-0.2, 0) is 11.4 Å². The van der Waals surface area contributed by atoms with Crippen molar-refractivity contribution < 1.29 is 14.3 Å². The van der Waals surface area contributed by atoms with Gasteiger partial charge in [-0.3, -0.25) is 4.79 Å². The number of aryl methyl sites for hydroxylation is 1. The minimum absolute atomic E-state index is 0.192. The van der Waals surface area contributed by atoms with Crippen molar-refractivity contribution in [2.45, 2.75) is 20.5 Å². The van der Waals surface area contributed by atoms with Gasteiger partial charge in [-0.2, -0.15) is 5.26 Å². The lowest BCUT2D eigenvalue weighted by Crippen LogP contribution is -2.19. The van der Waals surface area contributed by atoms with E-state index in [1.165, 1.54) is 11.8 Å². The van der Waals surface area contributed by atoms with Crippen LogP contribution in [0.15, 0.2) is 70.6 Å². The van der Waals surface area contributed by atoms with Gasteiger partial charge in [0.05, 0.1) is 32.4 Å². The van der Waals surface area contributed by atoms with Crippen molar-refractivity contribution in [2.24, 2.45) is 4.99 Å². The highest BCUT2D eigenvalue weighted by Crippen LogP contribution is 2.37. The maximum absolute atomic E-state index is 12.6. The zero-order valence-electron chi connectivity index (χ0n) is 19.2. The van der Waals surface area contributed by atoms with E-state index in [2.05, 4.69) is 39.0 Å². The third-order valence-electron chi connectivity index (χ3n) is 5.05. The first-order valence-corrected chi connectivity index (χ1v) is 12.8. The molecule has 3 aromatic carbocycles. The molecule has 1 saturated heterocycles. The molecule has 0 aromatic heterocycles. The zero-order chi connectivity index (χ0) is 24.8. The van der Waals surface area contributed by atoms with Crippen LogP contribution in [0.1, 0.15) is 29.2 Å². The average molecular weight is 595 g/mol.